The van der Waals surface area contributed by atoms with Crippen LogP contribution in [0.15, 0.2) is 53.4 Å². The number of rotatable bonds is 12. The third-order valence-electron chi connectivity index (χ3n) is 5.36. The van der Waals surface area contributed by atoms with Crippen molar-refractivity contribution in [2.24, 2.45) is 5.92 Å². The Bertz CT molecular complexity index is 1290. The molecule has 0 bridgehead atoms. The number of thiophene rings is 1. The van der Waals surface area contributed by atoms with Gasteiger partial charge in [-0.05, 0) is 60.9 Å². The fourth-order valence-corrected chi connectivity index (χ4v) is 6.40. The summed E-state index contributed by atoms with van der Waals surface area (Å²) in [4.78, 5) is 26.1. The number of amides is 2. The van der Waals surface area contributed by atoms with Gasteiger partial charge in [-0.2, -0.15) is 0 Å². The van der Waals surface area contributed by atoms with Gasteiger partial charge in [0, 0.05) is 22.8 Å². The summed E-state index contributed by atoms with van der Waals surface area (Å²) in [6.07, 6.45) is 1.57. The quantitative estimate of drug-likeness (QED) is 0.260. The van der Waals surface area contributed by atoms with Gasteiger partial charge in [0.25, 0.3) is 5.91 Å². The monoisotopic (exact) mass is 569 g/mol. The molecule has 3 N–H and O–H groups in total. The Labute approximate surface area is 225 Å². The van der Waals surface area contributed by atoms with E-state index >= 15 is 0 Å². The van der Waals surface area contributed by atoms with Crippen LogP contribution in [0, 0.1) is 5.92 Å². The minimum Gasteiger partial charge on any atom is -0.354 e. The molecule has 0 aliphatic carbocycles. The van der Waals surface area contributed by atoms with Crippen molar-refractivity contribution in [1.29, 1.82) is 0 Å². The Morgan fingerprint density at radius 2 is 1.72 bits per heavy atom. The number of hydrogen-bond donors (Lipinski definition) is 3. The second-order valence-electron chi connectivity index (χ2n) is 8.77. The van der Waals surface area contributed by atoms with Crippen molar-refractivity contribution in [2.75, 3.05) is 13.1 Å². The van der Waals surface area contributed by atoms with Crippen LogP contribution in [0.4, 0.5) is 0 Å². The summed E-state index contributed by atoms with van der Waals surface area (Å²) < 4.78 is 28.4. The summed E-state index contributed by atoms with van der Waals surface area (Å²) in [7, 11) is -3.76. The minimum atomic E-state index is -3.76. The number of benzene rings is 2. The van der Waals surface area contributed by atoms with Gasteiger partial charge >= 0.3 is 0 Å². The van der Waals surface area contributed by atoms with Crippen LogP contribution < -0.4 is 15.4 Å². The fraction of sp³-hybridized carbons (Fsp3) is 0.360. The first kappa shape index (κ1) is 28.4. The lowest BCUT2D eigenvalue weighted by Crippen LogP contribution is -2.47. The molecule has 2 amide bonds. The molecule has 0 saturated heterocycles. The van der Waals surface area contributed by atoms with E-state index in [1.165, 1.54) is 29.5 Å². The van der Waals surface area contributed by atoms with Crippen LogP contribution in [-0.4, -0.2) is 39.4 Å². The Balaban J connectivity index is 1.47. The minimum absolute atomic E-state index is 0.0345. The number of carbonyl (C=O) groups excluding carboxylic acids is 2. The molecule has 0 aliphatic heterocycles. The van der Waals surface area contributed by atoms with E-state index in [-0.39, 0.29) is 34.2 Å². The molecule has 3 aromatic rings. The zero-order valence-corrected chi connectivity index (χ0v) is 23.2. The summed E-state index contributed by atoms with van der Waals surface area (Å²) >= 11 is 13.2. The Hall–Kier alpha value is -2.17. The highest BCUT2D eigenvalue weighted by Crippen LogP contribution is 2.26. The van der Waals surface area contributed by atoms with Gasteiger partial charge in [-0.3, -0.25) is 9.59 Å². The summed E-state index contributed by atoms with van der Waals surface area (Å²) in [5.74, 6) is -0.323. The first-order chi connectivity index (χ1) is 17.1. The molecule has 0 saturated carbocycles. The van der Waals surface area contributed by atoms with Gasteiger partial charge in [-0.1, -0.05) is 55.2 Å². The SMILES string of the molecule is CC(C)C[C@H](NC(=O)c1cc2ccccc2s1)C(=O)NCCCCNS(=O)(=O)c1ccc(Cl)cc1Cl. The number of sulfonamides is 1. The summed E-state index contributed by atoms with van der Waals surface area (Å²) in [5.41, 5.74) is 0. The topological polar surface area (TPSA) is 104 Å². The lowest BCUT2D eigenvalue weighted by molar-refractivity contribution is -0.123. The van der Waals surface area contributed by atoms with E-state index < -0.39 is 16.1 Å². The van der Waals surface area contributed by atoms with Crippen molar-refractivity contribution in [1.82, 2.24) is 15.4 Å². The van der Waals surface area contributed by atoms with Crippen LogP contribution in [0.25, 0.3) is 10.1 Å². The molecule has 194 valence electrons. The van der Waals surface area contributed by atoms with Crippen molar-refractivity contribution in [3.05, 3.63) is 63.5 Å². The second-order valence-corrected chi connectivity index (χ2v) is 12.4. The second kappa shape index (κ2) is 12.9. The molecule has 0 unspecified atom stereocenters. The number of fused-ring (bicyclic) bond motifs is 1. The number of halogens is 2. The average Bonchev–Trinajstić information content (AvgIpc) is 3.24. The van der Waals surface area contributed by atoms with E-state index in [4.69, 9.17) is 23.2 Å². The molecule has 11 heteroatoms. The maximum Gasteiger partial charge on any atom is 0.262 e. The number of nitrogens with one attached hydrogen (secondary N) is 3. The molecule has 0 spiro atoms. The molecule has 0 radical (unpaired) electrons. The molecule has 36 heavy (non-hydrogen) atoms. The predicted molar refractivity (Wildman–Crippen MR) is 146 cm³/mol. The molecule has 1 heterocycles. The van der Waals surface area contributed by atoms with Crippen LogP contribution in [0.3, 0.4) is 0 Å². The first-order valence-corrected chi connectivity index (χ1v) is 14.6. The third-order valence-corrected chi connectivity index (χ3v) is 8.65. The van der Waals surface area contributed by atoms with E-state index in [1.54, 1.807) is 0 Å². The molecule has 1 aromatic heterocycles. The van der Waals surface area contributed by atoms with Crippen molar-refractivity contribution >= 4 is 66.5 Å². The molecule has 1 atom stereocenters. The smallest absolute Gasteiger partial charge is 0.262 e. The van der Waals surface area contributed by atoms with Crippen molar-refractivity contribution in [2.45, 2.75) is 44.0 Å². The Kier molecular flexibility index (Phi) is 10.2. The molecular formula is C25H29Cl2N3O4S2. The van der Waals surface area contributed by atoms with Gasteiger partial charge in [-0.15, -0.1) is 11.3 Å². The van der Waals surface area contributed by atoms with Gasteiger partial charge in [0.05, 0.1) is 9.90 Å². The lowest BCUT2D eigenvalue weighted by Gasteiger charge is -2.20. The van der Waals surface area contributed by atoms with Gasteiger partial charge in [-0.25, -0.2) is 13.1 Å². The first-order valence-electron chi connectivity index (χ1n) is 11.6. The van der Waals surface area contributed by atoms with Gasteiger partial charge in [0.1, 0.15) is 10.9 Å². The van der Waals surface area contributed by atoms with Crippen LogP contribution in [0.5, 0.6) is 0 Å². The molecule has 0 aliphatic rings. The van der Waals surface area contributed by atoms with E-state index in [1.807, 2.05) is 44.2 Å². The number of carbonyl (C=O) groups is 2. The zero-order valence-electron chi connectivity index (χ0n) is 20.0. The van der Waals surface area contributed by atoms with E-state index in [0.717, 1.165) is 10.1 Å². The maximum atomic E-state index is 12.8. The molecule has 2 aromatic carbocycles. The molecule has 7 nitrogen and oxygen atoms in total. The number of hydrogen-bond acceptors (Lipinski definition) is 5. The maximum absolute atomic E-state index is 12.8. The van der Waals surface area contributed by atoms with Crippen LogP contribution in [-0.2, 0) is 14.8 Å². The highest BCUT2D eigenvalue weighted by atomic mass is 35.5. The highest BCUT2D eigenvalue weighted by Gasteiger charge is 2.23. The van der Waals surface area contributed by atoms with Crippen LogP contribution in [0.2, 0.25) is 10.0 Å². The van der Waals surface area contributed by atoms with Gasteiger partial charge < -0.3 is 10.6 Å². The molecular weight excluding hydrogens is 541 g/mol. The van der Waals surface area contributed by atoms with E-state index in [2.05, 4.69) is 15.4 Å². The predicted octanol–water partition coefficient (Wildman–Crippen LogP) is 5.23. The van der Waals surface area contributed by atoms with Gasteiger partial charge in [0.2, 0.25) is 15.9 Å². The van der Waals surface area contributed by atoms with Gasteiger partial charge in [0.15, 0.2) is 0 Å². The molecule has 0 fully saturated rings. The summed E-state index contributed by atoms with van der Waals surface area (Å²) in [5, 5.41) is 7.12. The zero-order chi connectivity index (χ0) is 26.3. The number of unbranched alkanes of at least 4 members (excludes halogenated alkanes) is 1. The van der Waals surface area contributed by atoms with Crippen molar-refractivity contribution in [3.63, 3.8) is 0 Å². The molecule has 3 rings (SSSR count). The normalized spacial score (nSPS) is 12.6. The van der Waals surface area contributed by atoms with E-state index in [0.29, 0.717) is 35.7 Å². The third kappa shape index (κ3) is 7.91. The lowest BCUT2D eigenvalue weighted by atomic mass is 10.0. The standard InChI is InChI=1S/C25H29Cl2N3O4S2/c1-16(2)13-20(30-25(32)22-14-17-7-3-4-8-21(17)35-22)24(31)28-11-5-6-12-29-36(33,34)23-10-9-18(26)15-19(23)27/h3-4,7-10,14-16,20,29H,5-6,11-13H2,1-2H3,(H,28,31)(H,30,32)/t20-/m0/s1. The van der Waals surface area contributed by atoms with Crippen molar-refractivity contribution in [3.8, 4) is 0 Å². The van der Waals surface area contributed by atoms with Crippen molar-refractivity contribution < 1.29 is 18.0 Å². The van der Waals surface area contributed by atoms with Crippen LogP contribution in [0.1, 0.15) is 42.8 Å². The summed E-state index contributed by atoms with van der Waals surface area (Å²) in [6, 6.07) is 13.1. The fourth-order valence-electron chi connectivity index (χ4n) is 3.59. The van der Waals surface area contributed by atoms with E-state index in [9.17, 15) is 18.0 Å². The van der Waals surface area contributed by atoms with Crippen LogP contribution >= 0.6 is 34.5 Å². The Morgan fingerprint density at radius 3 is 2.42 bits per heavy atom. The largest absolute Gasteiger partial charge is 0.354 e. The highest BCUT2D eigenvalue weighted by molar-refractivity contribution is 7.89. The Morgan fingerprint density at radius 1 is 1.00 bits per heavy atom. The summed E-state index contributed by atoms with van der Waals surface area (Å²) in [6.45, 7) is 4.53. The average molecular weight is 571 g/mol.